The van der Waals surface area contributed by atoms with Gasteiger partial charge < -0.3 is 4.18 Å². The molecule has 0 bridgehead atoms. The maximum absolute atomic E-state index is 13.7. The molecule has 0 N–H and O–H groups in total. The van der Waals surface area contributed by atoms with Crippen molar-refractivity contribution in [3.63, 3.8) is 0 Å². The molecule has 1 aliphatic heterocycles. The minimum atomic E-state index is -4.11. The van der Waals surface area contributed by atoms with Crippen LogP contribution in [-0.2, 0) is 19.7 Å². The van der Waals surface area contributed by atoms with Gasteiger partial charge in [0.05, 0.1) is 22.4 Å². The maximum atomic E-state index is 13.7. The van der Waals surface area contributed by atoms with Crippen LogP contribution >= 0.6 is 23.2 Å². The Kier molecular flexibility index (Phi) is 8.23. The maximum Gasteiger partial charge on any atom is 0.339 e. The van der Waals surface area contributed by atoms with E-state index in [4.69, 9.17) is 27.4 Å². The van der Waals surface area contributed by atoms with Gasteiger partial charge in [-0.3, -0.25) is 19.2 Å². The number of hydrogen-bond acceptors (Lipinski definition) is 7. The van der Waals surface area contributed by atoms with Gasteiger partial charge >= 0.3 is 10.1 Å². The third-order valence-electron chi connectivity index (χ3n) is 7.11. The van der Waals surface area contributed by atoms with Gasteiger partial charge in [-0.25, -0.2) is 5.01 Å². The van der Waals surface area contributed by atoms with E-state index in [0.29, 0.717) is 12.8 Å². The standard InChI is InChI=1S/C30H24Cl2N2O7S/c1-18-6-13-22(14-7-18)42(39,40)41-21-11-8-19(9-12-21)27(35)17-33(28(36)25-15-10-20(31)16-26(25)32)34-29(37)23-4-2-3-5-24(23)30(34)38/h2-3,6-16,23-24H,4-5,17H2,1H3/t23-,24-/m1/s1. The minimum absolute atomic E-state index is 0.0144. The van der Waals surface area contributed by atoms with Gasteiger partial charge in [0.15, 0.2) is 5.78 Å². The highest BCUT2D eigenvalue weighted by Crippen LogP contribution is 2.37. The molecule has 0 spiro atoms. The third-order valence-corrected chi connectivity index (χ3v) is 8.92. The van der Waals surface area contributed by atoms with E-state index in [1.54, 1.807) is 12.1 Å². The second-order valence-electron chi connectivity index (χ2n) is 9.93. The summed E-state index contributed by atoms with van der Waals surface area (Å²) in [6.07, 6.45) is 4.31. The van der Waals surface area contributed by atoms with Crippen LogP contribution in [0, 0.1) is 18.8 Å². The third kappa shape index (κ3) is 5.83. The van der Waals surface area contributed by atoms with E-state index in [1.807, 2.05) is 19.1 Å². The lowest BCUT2D eigenvalue weighted by Gasteiger charge is -2.30. The van der Waals surface area contributed by atoms with E-state index in [1.165, 1.54) is 54.6 Å². The number of imide groups is 1. The van der Waals surface area contributed by atoms with E-state index in [2.05, 4.69) is 0 Å². The molecule has 12 heteroatoms. The lowest BCUT2D eigenvalue weighted by molar-refractivity contribution is -0.154. The highest BCUT2D eigenvalue weighted by molar-refractivity contribution is 7.87. The summed E-state index contributed by atoms with van der Waals surface area (Å²) in [4.78, 5) is 53.7. The summed E-state index contributed by atoms with van der Waals surface area (Å²) in [5.41, 5.74) is 0.927. The van der Waals surface area contributed by atoms with Gasteiger partial charge in [0.25, 0.3) is 17.7 Å². The molecule has 1 fully saturated rings. The first kappa shape index (κ1) is 29.5. The topological polar surface area (TPSA) is 118 Å². The number of hydrogen-bond donors (Lipinski definition) is 0. The molecule has 1 heterocycles. The van der Waals surface area contributed by atoms with Crippen molar-refractivity contribution in [3.05, 3.63) is 106 Å². The smallest absolute Gasteiger partial charge is 0.339 e. The molecule has 0 saturated carbocycles. The predicted octanol–water partition coefficient (Wildman–Crippen LogP) is 5.26. The Morgan fingerprint density at radius 1 is 0.905 bits per heavy atom. The highest BCUT2D eigenvalue weighted by Gasteiger charge is 2.51. The Labute approximate surface area is 252 Å². The number of nitrogens with zero attached hydrogens (tertiary/aromatic N) is 2. The highest BCUT2D eigenvalue weighted by atomic mass is 35.5. The van der Waals surface area contributed by atoms with E-state index in [0.717, 1.165) is 15.6 Å². The zero-order valence-electron chi connectivity index (χ0n) is 22.2. The number of amides is 3. The molecule has 216 valence electrons. The molecule has 3 aromatic rings. The van der Waals surface area contributed by atoms with Crippen LogP contribution in [0.1, 0.15) is 39.1 Å². The first-order chi connectivity index (χ1) is 20.0. The Morgan fingerprint density at radius 2 is 1.50 bits per heavy atom. The summed E-state index contributed by atoms with van der Waals surface area (Å²) in [7, 11) is -4.11. The number of benzene rings is 3. The van der Waals surface area contributed by atoms with Crippen molar-refractivity contribution in [3.8, 4) is 5.75 Å². The van der Waals surface area contributed by atoms with Gasteiger partial charge in [-0.1, -0.05) is 53.1 Å². The van der Waals surface area contributed by atoms with Gasteiger partial charge in [-0.2, -0.15) is 13.4 Å². The van der Waals surface area contributed by atoms with E-state index >= 15 is 0 Å². The molecular weight excluding hydrogens is 603 g/mol. The molecule has 2 atom stereocenters. The van der Waals surface area contributed by atoms with Crippen LogP contribution in [0.4, 0.5) is 0 Å². The number of rotatable bonds is 8. The number of allylic oxidation sites excluding steroid dienone is 2. The molecule has 3 amide bonds. The molecule has 3 aromatic carbocycles. The van der Waals surface area contributed by atoms with Crippen LogP contribution in [0.5, 0.6) is 5.75 Å². The SMILES string of the molecule is Cc1ccc(S(=O)(=O)Oc2ccc(C(=O)CN(C(=O)c3ccc(Cl)cc3Cl)N3C(=O)[C@@H]4CC=CC[C@H]4C3=O)cc2)cc1. The van der Waals surface area contributed by atoms with Crippen LogP contribution in [0.25, 0.3) is 0 Å². The summed E-state index contributed by atoms with van der Waals surface area (Å²) in [5.74, 6) is -3.91. The van der Waals surface area contributed by atoms with Crippen LogP contribution < -0.4 is 4.18 Å². The first-order valence-corrected chi connectivity index (χ1v) is 15.1. The average Bonchev–Trinajstić information content (AvgIpc) is 3.21. The van der Waals surface area contributed by atoms with E-state index in [9.17, 15) is 27.6 Å². The number of ketones is 1. The fourth-order valence-electron chi connectivity index (χ4n) is 4.86. The average molecular weight is 628 g/mol. The molecule has 2 aliphatic rings. The largest absolute Gasteiger partial charge is 0.379 e. The number of Topliss-reactive ketones (excluding diaryl/α,β-unsaturated/α-hetero) is 1. The molecule has 1 aliphatic carbocycles. The van der Waals surface area contributed by atoms with Gasteiger partial charge in [-0.05, 0) is 74.4 Å². The molecular formula is C30H24Cl2N2O7S. The fourth-order valence-corrected chi connectivity index (χ4v) is 6.28. The quantitative estimate of drug-likeness (QED) is 0.145. The first-order valence-electron chi connectivity index (χ1n) is 12.9. The van der Waals surface area contributed by atoms with Crippen molar-refractivity contribution < 1.29 is 31.8 Å². The second-order valence-corrected chi connectivity index (χ2v) is 12.3. The number of halogens is 2. The normalized spacial score (nSPS) is 18.1. The van der Waals surface area contributed by atoms with Gasteiger partial charge in [0.2, 0.25) is 0 Å². The van der Waals surface area contributed by atoms with E-state index < -0.39 is 52.0 Å². The number of aryl methyl sites for hydroxylation is 1. The zero-order chi connectivity index (χ0) is 30.2. The number of carbonyl (C=O) groups is 4. The van der Waals surface area contributed by atoms with Crippen molar-refractivity contribution in [2.75, 3.05) is 6.54 Å². The summed E-state index contributed by atoms with van der Waals surface area (Å²) >= 11 is 12.2. The van der Waals surface area contributed by atoms with Crippen molar-refractivity contribution in [1.29, 1.82) is 0 Å². The second kappa shape index (κ2) is 11.7. The van der Waals surface area contributed by atoms with Crippen LogP contribution in [0.3, 0.4) is 0 Å². The number of fused-ring (bicyclic) bond motifs is 1. The Bertz CT molecular complexity index is 1700. The summed E-state index contributed by atoms with van der Waals surface area (Å²) in [5, 5.41) is 1.82. The van der Waals surface area contributed by atoms with Gasteiger partial charge in [-0.15, -0.1) is 0 Å². The molecule has 0 radical (unpaired) electrons. The monoisotopic (exact) mass is 626 g/mol. The summed E-state index contributed by atoms with van der Waals surface area (Å²) in [6.45, 7) is 1.16. The Morgan fingerprint density at radius 3 is 2.07 bits per heavy atom. The Hall–Kier alpha value is -3.99. The summed E-state index contributed by atoms with van der Waals surface area (Å²) in [6, 6.07) is 15.5. The number of carbonyl (C=O) groups excluding carboxylic acids is 4. The molecule has 1 saturated heterocycles. The molecule has 42 heavy (non-hydrogen) atoms. The minimum Gasteiger partial charge on any atom is -0.379 e. The van der Waals surface area contributed by atoms with Crippen molar-refractivity contribution in [1.82, 2.24) is 10.0 Å². The fraction of sp³-hybridized carbons (Fsp3) is 0.200. The number of hydrazine groups is 1. The van der Waals surface area contributed by atoms with Crippen molar-refractivity contribution in [2.45, 2.75) is 24.7 Å². The van der Waals surface area contributed by atoms with Gasteiger partial charge in [0.1, 0.15) is 17.2 Å². The summed E-state index contributed by atoms with van der Waals surface area (Å²) < 4.78 is 30.4. The predicted molar refractivity (Wildman–Crippen MR) is 154 cm³/mol. The lowest BCUT2D eigenvalue weighted by Crippen LogP contribution is -2.52. The van der Waals surface area contributed by atoms with Crippen LogP contribution in [0.2, 0.25) is 10.0 Å². The van der Waals surface area contributed by atoms with Crippen LogP contribution in [0.15, 0.2) is 83.8 Å². The van der Waals surface area contributed by atoms with Gasteiger partial charge in [0, 0.05) is 10.6 Å². The van der Waals surface area contributed by atoms with Crippen molar-refractivity contribution in [2.24, 2.45) is 11.8 Å². The Balaban J connectivity index is 1.40. The molecule has 0 unspecified atom stereocenters. The lowest BCUT2D eigenvalue weighted by atomic mass is 9.85. The zero-order valence-corrected chi connectivity index (χ0v) is 24.5. The van der Waals surface area contributed by atoms with E-state index in [-0.39, 0.29) is 31.8 Å². The molecule has 5 rings (SSSR count). The van der Waals surface area contributed by atoms with Crippen molar-refractivity contribution >= 4 is 56.8 Å². The molecule has 9 nitrogen and oxygen atoms in total. The van der Waals surface area contributed by atoms with Crippen LogP contribution in [-0.4, -0.2) is 48.5 Å². The molecule has 0 aromatic heterocycles.